The molecule has 0 unspecified atom stereocenters. The molecule has 5 nitrogen and oxygen atoms in total. The highest BCUT2D eigenvalue weighted by molar-refractivity contribution is 5.59. The maximum absolute atomic E-state index is 12.9. The number of rotatable bonds is 3. The van der Waals surface area contributed by atoms with Crippen LogP contribution in [0.15, 0.2) is 36.7 Å². The minimum Gasteiger partial charge on any atom is -0.340 e. The number of alkyl halides is 6. The Hall–Kier alpha value is -2.85. The second kappa shape index (κ2) is 5.90. The van der Waals surface area contributed by atoms with Crippen LogP contribution in [-0.2, 0) is 12.6 Å². The van der Waals surface area contributed by atoms with Gasteiger partial charge in [-0.3, -0.25) is 0 Å². The first kappa shape index (κ1) is 17.0. The Bertz CT molecular complexity index is 899. The van der Waals surface area contributed by atoms with Crippen LogP contribution in [0.2, 0.25) is 0 Å². The summed E-state index contributed by atoms with van der Waals surface area (Å²) in [6, 6.07) is 5.98. The number of hydrogen-bond acceptors (Lipinski definition) is 4. The summed E-state index contributed by atoms with van der Waals surface area (Å²) in [6.07, 6.45) is -9.22. The van der Waals surface area contributed by atoms with Crippen molar-refractivity contribution in [3.8, 4) is 0 Å². The van der Waals surface area contributed by atoms with Crippen LogP contribution in [0, 0.1) is 0 Å². The molecule has 2 aromatic heterocycles. The third-order valence-electron chi connectivity index (χ3n) is 3.15. The molecule has 1 aromatic carbocycles. The van der Waals surface area contributed by atoms with E-state index in [1.807, 2.05) is 0 Å². The highest BCUT2D eigenvalue weighted by Gasteiger charge is 2.34. The van der Waals surface area contributed by atoms with Crippen molar-refractivity contribution in [2.75, 3.05) is 5.32 Å². The lowest BCUT2D eigenvalue weighted by atomic mass is 10.1. The van der Waals surface area contributed by atoms with Crippen molar-refractivity contribution in [2.24, 2.45) is 0 Å². The van der Waals surface area contributed by atoms with Crippen molar-refractivity contribution in [3.05, 3.63) is 47.9 Å². The van der Waals surface area contributed by atoms with Crippen LogP contribution in [0.3, 0.4) is 0 Å². The van der Waals surface area contributed by atoms with Gasteiger partial charge in [0.25, 0.3) is 5.78 Å². The number of anilines is 2. The first-order valence-corrected chi connectivity index (χ1v) is 6.82. The molecule has 0 saturated heterocycles. The van der Waals surface area contributed by atoms with Gasteiger partial charge < -0.3 is 5.32 Å². The lowest BCUT2D eigenvalue weighted by molar-refractivity contribution is -0.141. The molecule has 132 valence electrons. The van der Waals surface area contributed by atoms with Gasteiger partial charge in [-0.05, 0) is 17.7 Å². The number of hydrogen-bond donors (Lipinski definition) is 1. The van der Waals surface area contributed by atoms with Gasteiger partial charge in [0.2, 0.25) is 0 Å². The predicted octanol–water partition coefficient (Wildman–Crippen LogP) is 3.99. The molecule has 3 aromatic rings. The molecular formula is C14H9F6N5. The van der Waals surface area contributed by atoms with E-state index in [1.54, 1.807) is 0 Å². The van der Waals surface area contributed by atoms with E-state index in [0.717, 1.165) is 10.8 Å². The van der Waals surface area contributed by atoms with E-state index in [0.29, 0.717) is 6.07 Å². The summed E-state index contributed by atoms with van der Waals surface area (Å²) in [6.45, 7) is 0. The molecule has 0 aliphatic rings. The summed E-state index contributed by atoms with van der Waals surface area (Å²) < 4.78 is 77.2. The number of halogens is 6. The third-order valence-corrected chi connectivity index (χ3v) is 3.15. The van der Waals surface area contributed by atoms with Crippen LogP contribution in [0.4, 0.5) is 37.8 Å². The van der Waals surface area contributed by atoms with Gasteiger partial charge in [-0.15, -0.1) is 0 Å². The fourth-order valence-corrected chi connectivity index (χ4v) is 2.18. The Morgan fingerprint density at radius 1 is 1.04 bits per heavy atom. The summed E-state index contributed by atoms with van der Waals surface area (Å²) in [5, 5.41) is 6.38. The fourth-order valence-electron chi connectivity index (χ4n) is 2.18. The summed E-state index contributed by atoms with van der Waals surface area (Å²) in [7, 11) is 0. The number of fused-ring (bicyclic) bond motifs is 1. The quantitative estimate of drug-likeness (QED) is 0.717. The third kappa shape index (κ3) is 3.98. The highest BCUT2D eigenvalue weighted by Crippen LogP contribution is 2.30. The van der Waals surface area contributed by atoms with E-state index in [9.17, 15) is 26.3 Å². The average Bonchev–Trinajstić information content (AvgIpc) is 2.93. The van der Waals surface area contributed by atoms with Gasteiger partial charge in [0.05, 0.1) is 6.42 Å². The molecule has 0 amide bonds. The molecular weight excluding hydrogens is 352 g/mol. The molecule has 0 bridgehead atoms. The SMILES string of the molecule is FC(F)(F)Cc1cccc(Nc2cc(C(F)(F)F)nc3ncnn23)c1. The second-order valence-corrected chi connectivity index (χ2v) is 5.11. The minimum absolute atomic E-state index is 0.0302. The maximum atomic E-state index is 12.9. The van der Waals surface area contributed by atoms with Crippen molar-refractivity contribution >= 4 is 17.3 Å². The zero-order valence-corrected chi connectivity index (χ0v) is 12.2. The topological polar surface area (TPSA) is 55.1 Å². The van der Waals surface area contributed by atoms with E-state index >= 15 is 0 Å². The maximum Gasteiger partial charge on any atom is 0.433 e. The van der Waals surface area contributed by atoms with Gasteiger partial charge >= 0.3 is 12.4 Å². The number of nitrogens with one attached hydrogen (secondary N) is 1. The van der Waals surface area contributed by atoms with E-state index in [-0.39, 0.29) is 22.8 Å². The van der Waals surface area contributed by atoms with Crippen LogP contribution in [0.1, 0.15) is 11.3 Å². The Morgan fingerprint density at radius 2 is 1.80 bits per heavy atom. The van der Waals surface area contributed by atoms with Crippen molar-refractivity contribution < 1.29 is 26.3 Å². The molecule has 0 aliphatic heterocycles. The fraction of sp³-hybridized carbons (Fsp3) is 0.214. The Labute approximate surface area is 136 Å². The molecule has 3 rings (SSSR count). The molecule has 25 heavy (non-hydrogen) atoms. The zero-order chi connectivity index (χ0) is 18.2. The first-order chi connectivity index (χ1) is 11.6. The minimum atomic E-state index is -4.71. The van der Waals surface area contributed by atoms with Crippen LogP contribution >= 0.6 is 0 Å². The summed E-state index contributed by atoms with van der Waals surface area (Å²) in [5.41, 5.74) is -1.04. The largest absolute Gasteiger partial charge is 0.433 e. The van der Waals surface area contributed by atoms with Crippen molar-refractivity contribution in [1.82, 2.24) is 19.6 Å². The Morgan fingerprint density at radius 3 is 2.48 bits per heavy atom. The number of aromatic nitrogens is 4. The van der Waals surface area contributed by atoms with Gasteiger partial charge in [-0.1, -0.05) is 12.1 Å². The molecule has 0 fully saturated rings. The van der Waals surface area contributed by atoms with E-state index in [2.05, 4.69) is 20.4 Å². The second-order valence-electron chi connectivity index (χ2n) is 5.11. The van der Waals surface area contributed by atoms with Crippen molar-refractivity contribution in [1.29, 1.82) is 0 Å². The smallest absolute Gasteiger partial charge is 0.340 e. The van der Waals surface area contributed by atoms with Gasteiger partial charge in [0.1, 0.15) is 12.1 Å². The molecule has 0 spiro atoms. The van der Waals surface area contributed by atoms with Crippen LogP contribution in [-0.4, -0.2) is 25.8 Å². The van der Waals surface area contributed by atoms with E-state index in [4.69, 9.17) is 0 Å². The Balaban J connectivity index is 1.98. The standard InChI is InChI=1S/C14H9F6N5/c15-13(16,17)6-8-2-1-3-9(4-8)23-11-5-10(14(18,19)20)24-12-21-7-22-25(11)12/h1-5,7,23H,6H2. The molecule has 2 heterocycles. The lowest BCUT2D eigenvalue weighted by Crippen LogP contribution is -2.13. The number of benzene rings is 1. The summed E-state index contributed by atoms with van der Waals surface area (Å²) >= 11 is 0. The van der Waals surface area contributed by atoms with E-state index < -0.39 is 24.5 Å². The molecule has 0 radical (unpaired) electrons. The molecule has 1 N–H and O–H groups in total. The summed E-state index contributed by atoms with van der Waals surface area (Å²) in [5.74, 6) is -0.414. The van der Waals surface area contributed by atoms with Gasteiger partial charge in [-0.2, -0.15) is 40.9 Å². The van der Waals surface area contributed by atoms with Crippen LogP contribution in [0.25, 0.3) is 5.78 Å². The lowest BCUT2D eigenvalue weighted by Gasteiger charge is -2.13. The van der Waals surface area contributed by atoms with Crippen LogP contribution in [0.5, 0.6) is 0 Å². The van der Waals surface area contributed by atoms with Crippen molar-refractivity contribution in [3.63, 3.8) is 0 Å². The predicted molar refractivity (Wildman–Crippen MR) is 75.3 cm³/mol. The monoisotopic (exact) mass is 361 g/mol. The Kier molecular flexibility index (Phi) is 4.01. The zero-order valence-electron chi connectivity index (χ0n) is 12.2. The van der Waals surface area contributed by atoms with Gasteiger partial charge in [0.15, 0.2) is 5.69 Å². The molecule has 0 atom stereocenters. The van der Waals surface area contributed by atoms with Crippen LogP contribution < -0.4 is 5.32 Å². The number of nitrogens with zero attached hydrogens (tertiary/aromatic N) is 4. The van der Waals surface area contributed by atoms with Gasteiger partial charge in [0, 0.05) is 11.8 Å². The molecule has 0 saturated carbocycles. The highest BCUT2D eigenvalue weighted by atomic mass is 19.4. The summed E-state index contributed by atoms with van der Waals surface area (Å²) in [4.78, 5) is 6.96. The molecule has 11 heteroatoms. The van der Waals surface area contributed by atoms with Gasteiger partial charge in [-0.25, -0.2) is 4.98 Å². The van der Waals surface area contributed by atoms with E-state index in [1.165, 1.54) is 24.3 Å². The molecule has 0 aliphatic carbocycles. The van der Waals surface area contributed by atoms with Crippen molar-refractivity contribution in [2.45, 2.75) is 18.8 Å². The normalized spacial score (nSPS) is 12.6. The average molecular weight is 361 g/mol. The first-order valence-electron chi connectivity index (χ1n) is 6.82.